The van der Waals surface area contributed by atoms with E-state index in [2.05, 4.69) is 4.89 Å². The monoisotopic (exact) mass is 364 g/mol. The highest BCUT2D eigenvalue weighted by atomic mass is 19.2. The summed E-state index contributed by atoms with van der Waals surface area (Å²) >= 11 is 0. The molecule has 0 aromatic heterocycles. The minimum Gasteiger partial charge on any atom is -0.390 e. The number of benzene rings is 1. The molecule has 2 N–H and O–H groups in total. The van der Waals surface area contributed by atoms with Gasteiger partial charge in [0.05, 0.1) is 6.10 Å². The van der Waals surface area contributed by atoms with Gasteiger partial charge >= 0.3 is 0 Å². The van der Waals surface area contributed by atoms with Gasteiger partial charge in [-0.15, -0.1) is 0 Å². The highest BCUT2D eigenvalue weighted by molar-refractivity contribution is 5.87. The van der Waals surface area contributed by atoms with Crippen molar-refractivity contribution in [2.75, 3.05) is 0 Å². The predicted molar refractivity (Wildman–Crippen MR) is 79.5 cm³/mol. The van der Waals surface area contributed by atoms with Crippen molar-refractivity contribution in [2.45, 2.75) is 45.8 Å². The summed E-state index contributed by atoms with van der Waals surface area (Å²) in [5.41, 5.74) is -3.07. The number of hydrogen-bond acceptors (Lipinski definition) is 4. The van der Waals surface area contributed by atoms with E-state index < -0.39 is 70.0 Å². The zero-order chi connectivity index (χ0) is 19.3. The third-order valence-corrected chi connectivity index (χ3v) is 5.10. The molecule has 0 amide bonds. The van der Waals surface area contributed by atoms with Crippen molar-refractivity contribution in [3.8, 4) is 0 Å². The quantitative estimate of drug-likeness (QED) is 0.352. The Kier molecular flexibility index (Phi) is 5.02. The number of aliphatic hydroxyl groups is 1. The Morgan fingerprint density at radius 3 is 2.16 bits per heavy atom. The van der Waals surface area contributed by atoms with Gasteiger partial charge < -0.3 is 5.11 Å². The van der Waals surface area contributed by atoms with Crippen LogP contribution in [0.2, 0.25) is 0 Å². The van der Waals surface area contributed by atoms with Gasteiger partial charge in [0.15, 0.2) is 23.3 Å². The molecule has 1 aliphatic rings. The van der Waals surface area contributed by atoms with E-state index in [0.717, 1.165) is 0 Å². The summed E-state index contributed by atoms with van der Waals surface area (Å²) in [6, 6.07) is 0.0768. The van der Waals surface area contributed by atoms with Gasteiger partial charge in [-0.2, -0.15) is 0 Å². The SMILES string of the molecule is CC(C)(OO)C(O)C1C(C(=O)Cc2c(F)c(F)cc(F)c2F)C1(C)C. The number of ketones is 1. The summed E-state index contributed by atoms with van der Waals surface area (Å²) in [5, 5.41) is 19.2. The zero-order valence-electron chi connectivity index (χ0n) is 14.2. The summed E-state index contributed by atoms with van der Waals surface area (Å²) in [4.78, 5) is 16.7. The van der Waals surface area contributed by atoms with Gasteiger partial charge in [-0.05, 0) is 19.3 Å². The molecule has 1 saturated carbocycles. The average Bonchev–Trinajstić information content (AvgIpc) is 3.10. The number of Topliss-reactive ketones (excluding diaryl/α,β-unsaturated/α-hetero) is 1. The molecule has 25 heavy (non-hydrogen) atoms. The van der Waals surface area contributed by atoms with E-state index in [1.165, 1.54) is 13.8 Å². The molecule has 0 heterocycles. The minimum atomic E-state index is -1.61. The van der Waals surface area contributed by atoms with Crippen molar-refractivity contribution in [3.63, 3.8) is 0 Å². The molecule has 0 spiro atoms. The second-order valence-corrected chi connectivity index (χ2v) is 7.55. The van der Waals surface area contributed by atoms with Crippen molar-refractivity contribution in [3.05, 3.63) is 34.9 Å². The predicted octanol–water partition coefficient (Wildman–Crippen LogP) is 3.26. The van der Waals surface area contributed by atoms with Gasteiger partial charge in [0.2, 0.25) is 0 Å². The first-order valence-corrected chi connectivity index (χ1v) is 7.71. The van der Waals surface area contributed by atoms with Crippen LogP contribution in [0.4, 0.5) is 17.6 Å². The molecule has 8 heteroatoms. The lowest BCUT2D eigenvalue weighted by Crippen LogP contribution is -2.41. The van der Waals surface area contributed by atoms with Crippen molar-refractivity contribution >= 4 is 5.78 Å². The number of carbonyl (C=O) groups excluding carboxylic acids is 1. The van der Waals surface area contributed by atoms with Crippen LogP contribution in [0.5, 0.6) is 0 Å². The first-order valence-electron chi connectivity index (χ1n) is 7.71. The normalized spacial score (nSPS) is 23.4. The average molecular weight is 364 g/mol. The third-order valence-electron chi connectivity index (χ3n) is 5.10. The minimum absolute atomic E-state index is 0.0768. The molecule has 0 bridgehead atoms. The second kappa shape index (κ2) is 6.34. The lowest BCUT2D eigenvalue weighted by Gasteiger charge is -2.28. The molecule has 0 saturated heterocycles. The van der Waals surface area contributed by atoms with Gasteiger partial charge in [0.25, 0.3) is 0 Å². The Hall–Kier alpha value is -1.51. The first-order chi connectivity index (χ1) is 11.4. The third kappa shape index (κ3) is 3.30. The van der Waals surface area contributed by atoms with Crippen LogP contribution < -0.4 is 0 Å². The van der Waals surface area contributed by atoms with E-state index in [1.54, 1.807) is 13.8 Å². The van der Waals surface area contributed by atoms with Gasteiger partial charge in [-0.1, -0.05) is 13.8 Å². The molecule has 1 aromatic rings. The van der Waals surface area contributed by atoms with Gasteiger partial charge in [0.1, 0.15) is 11.4 Å². The first kappa shape index (κ1) is 19.8. The maximum absolute atomic E-state index is 13.7. The Morgan fingerprint density at radius 1 is 1.24 bits per heavy atom. The van der Waals surface area contributed by atoms with Crippen LogP contribution in [0.1, 0.15) is 33.3 Å². The number of hydrogen-bond donors (Lipinski definition) is 2. The Bertz CT molecular complexity index is 676. The Balaban J connectivity index is 2.26. The van der Waals surface area contributed by atoms with Gasteiger partial charge in [-0.3, -0.25) is 10.1 Å². The number of halogens is 4. The molecule has 4 nitrogen and oxygen atoms in total. The highest BCUT2D eigenvalue weighted by Gasteiger charge is 2.66. The summed E-state index contributed by atoms with van der Waals surface area (Å²) in [5.74, 6) is -8.49. The van der Waals surface area contributed by atoms with E-state index >= 15 is 0 Å². The molecule has 1 fully saturated rings. The standard InChI is InChI=1S/C17H20F4O4/c1-16(2)11(12(16)15(23)17(3,4)25-24)10(22)5-7-13(20)8(18)6-9(19)14(7)21/h6,11-12,15,23-24H,5H2,1-4H3. The lowest BCUT2D eigenvalue weighted by molar-refractivity contribution is -0.336. The molecule has 1 aromatic carbocycles. The van der Waals surface area contributed by atoms with E-state index in [9.17, 15) is 27.5 Å². The van der Waals surface area contributed by atoms with Crippen LogP contribution >= 0.6 is 0 Å². The van der Waals surface area contributed by atoms with Crippen molar-refractivity contribution in [1.29, 1.82) is 0 Å². The fourth-order valence-electron chi connectivity index (χ4n) is 3.43. The summed E-state index contributed by atoms with van der Waals surface area (Å²) in [6.45, 7) is 6.15. The topological polar surface area (TPSA) is 66.8 Å². The van der Waals surface area contributed by atoms with E-state index in [0.29, 0.717) is 0 Å². The smallest absolute Gasteiger partial charge is 0.165 e. The summed E-state index contributed by atoms with van der Waals surface area (Å²) in [7, 11) is 0. The van der Waals surface area contributed by atoms with Crippen LogP contribution in [0.3, 0.4) is 0 Å². The van der Waals surface area contributed by atoms with Crippen LogP contribution in [0, 0.1) is 40.5 Å². The zero-order valence-corrected chi connectivity index (χ0v) is 14.2. The largest absolute Gasteiger partial charge is 0.390 e. The molecule has 2 rings (SSSR count). The maximum atomic E-state index is 13.7. The van der Waals surface area contributed by atoms with Crippen molar-refractivity contribution < 1.29 is 37.6 Å². The van der Waals surface area contributed by atoms with Gasteiger partial charge in [0, 0.05) is 29.9 Å². The van der Waals surface area contributed by atoms with Crippen LogP contribution in [0.15, 0.2) is 6.07 Å². The fourth-order valence-corrected chi connectivity index (χ4v) is 3.43. The van der Waals surface area contributed by atoms with Gasteiger partial charge in [-0.25, -0.2) is 22.4 Å². The Morgan fingerprint density at radius 2 is 1.72 bits per heavy atom. The van der Waals surface area contributed by atoms with E-state index in [-0.39, 0.29) is 6.07 Å². The number of rotatable bonds is 6. The van der Waals surface area contributed by atoms with Crippen molar-refractivity contribution in [1.82, 2.24) is 0 Å². The molecule has 0 aliphatic heterocycles. The van der Waals surface area contributed by atoms with E-state index in [1.807, 2.05) is 0 Å². The molecule has 3 unspecified atom stereocenters. The number of aliphatic hydroxyl groups excluding tert-OH is 1. The van der Waals surface area contributed by atoms with Crippen molar-refractivity contribution in [2.24, 2.45) is 17.3 Å². The highest BCUT2D eigenvalue weighted by Crippen LogP contribution is 2.62. The summed E-state index contributed by atoms with van der Waals surface area (Å²) < 4.78 is 54.0. The Labute approximate surface area is 142 Å². The molecule has 140 valence electrons. The molecule has 0 radical (unpaired) electrons. The number of carbonyl (C=O) groups is 1. The molecule has 3 atom stereocenters. The molecular weight excluding hydrogens is 344 g/mol. The second-order valence-electron chi connectivity index (χ2n) is 7.55. The van der Waals surface area contributed by atoms with Crippen LogP contribution in [-0.2, 0) is 16.1 Å². The van der Waals surface area contributed by atoms with E-state index in [4.69, 9.17) is 5.26 Å². The molecular formula is C17H20F4O4. The maximum Gasteiger partial charge on any atom is 0.165 e. The molecule has 1 aliphatic carbocycles. The summed E-state index contributed by atoms with van der Waals surface area (Å²) in [6.07, 6.45) is -2.08. The van der Waals surface area contributed by atoms with Crippen LogP contribution in [-0.4, -0.2) is 27.9 Å². The lowest BCUT2D eigenvalue weighted by atomic mass is 9.93. The fraction of sp³-hybridized carbons (Fsp3) is 0.588. The van der Waals surface area contributed by atoms with Crippen LogP contribution in [0.25, 0.3) is 0 Å².